The molecule has 1 heterocycles. The first kappa shape index (κ1) is 23.5. The SMILES string of the molecule is CCCc1c(OCCCC(=O)N(C)[C@@H](C)C(=O)OC)ccc2c(C(F)(F)F)noc12. The van der Waals surface area contributed by atoms with Crippen molar-refractivity contribution in [3.63, 3.8) is 0 Å². The highest BCUT2D eigenvalue weighted by atomic mass is 19.4. The first-order valence-corrected chi connectivity index (χ1v) is 9.56. The van der Waals surface area contributed by atoms with Gasteiger partial charge in [0.1, 0.15) is 11.8 Å². The van der Waals surface area contributed by atoms with Gasteiger partial charge in [0, 0.05) is 19.0 Å². The highest BCUT2D eigenvalue weighted by Crippen LogP contribution is 2.38. The number of likely N-dealkylation sites (N-methyl/N-ethyl adjacent to an activating group) is 1. The van der Waals surface area contributed by atoms with E-state index in [2.05, 4.69) is 9.89 Å². The van der Waals surface area contributed by atoms with Crippen LogP contribution in [0.15, 0.2) is 16.7 Å². The van der Waals surface area contributed by atoms with E-state index < -0.39 is 23.9 Å². The van der Waals surface area contributed by atoms with Crippen molar-refractivity contribution < 1.29 is 36.8 Å². The van der Waals surface area contributed by atoms with E-state index in [1.165, 1.54) is 31.2 Å². The Balaban J connectivity index is 2.05. The van der Waals surface area contributed by atoms with Crippen molar-refractivity contribution in [2.75, 3.05) is 20.8 Å². The quantitative estimate of drug-likeness (QED) is 0.442. The lowest BCUT2D eigenvalue weighted by molar-refractivity contribution is -0.151. The number of rotatable bonds is 9. The third-order valence-corrected chi connectivity index (χ3v) is 4.78. The maximum Gasteiger partial charge on any atom is 0.437 e. The van der Waals surface area contributed by atoms with Crippen LogP contribution in [0.4, 0.5) is 13.2 Å². The summed E-state index contributed by atoms with van der Waals surface area (Å²) in [5.74, 6) is -0.353. The van der Waals surface area contributed by atoms with Gasteiger partial charge in [-0.25, -0.2) is 4.79 Å². The first-order valence-electron chi connectivity index (χ1n) is 9.56. The number of halogens is 3. The standard InChI is InChI=1S/C20H25F3N2O5/c1-5-7-13-15(10-9-14-17(13)30-24-18(14)20(21,22)23)29-11-6-8-16(26)25(3)12(2)19(27)28-4/h9-10,12H,5-8,11H2,1-4H3/t12-/m0/s1. The number of amides is 1. The fraction of sp³-hybridized carbons (Fsp3) is 0.550. The molecule has 1 aromatic heterocycles. The van der Waals surface area contributed by atoms with E-state index in [-0.39, 0.29) is 29.9 Å². The van der Waals surface area contributed by atoms with Gasteiger partial charge in [-0.1, -0.05) is 18.5 Å². The molecule has 0 saturated heterocycles. The number of hydrogen-bond donors (Lipinski definition) is 0. The van der Waals surface area contributed by atoms with Crippen LogP contribution in [-0.2, 0) is 26.9 Å². The molecule has 0 fully saturated rings. The predicted molar refractivity (Wildman–Crippen MR) is 102 cm³/mol. The predicted octanol–water partition coefficient (Wildman–Crippen LogP) is 3.98. The van der Waals surface area contributed by atoms with Gasteiger partial charge in [0.2, 0.25) is 5.91 Å². The molecule has 0 aliphatic heterocycles. The molecule has 30 heavy (non-hydrogen) atoms. The van der Waals surface area contributed by atoms with Gasteiger partial charge in [-0.15, -0.1) is 0 Å². The number of carbonyl (C=O) groups excluding carboxylic acids is 2. The van der Waals surface area contributed by atoms with Gasteiger partial charge >= 0.3 is 12.1 Å². The molecule has 0 unspecified atom stereocenters. The highest BCUT2D eigenvalue weighted by Gasteiger charge is 2.37. The first-order chi connectivity index (χ1) is 14.1. The van der Waals surface area contributed by atoms with Crippen molar-refractivity contribution in [2.45, 2.75) is 51.7 Å². The Labute approximate surface area is 172 Å². The van der Waals surface area contributed by atoms with Gasteiger partial charge in [0.15, 0.2) is 11.3 Å². The zero-order valence-electron chi connectivity index (χ0n) is 17.3. The molecule has 166 valence electrons. The number of nitrogens with zero attached hydrogens (tertiary/aromatic N) is 2. The lowest BCUT2D eigenvalue weighted by Gasteiger charge is -2.22. The second-order valence-electron chi connectivity index (χ2n) is 6.85. The monoisotopic (exact) mass is 430 g/mol. The molecule has 0 aliphatic rings. The van der Waals surface area contributed by atoms with Crippen molar-refractivity contribution in [1.29, 1.82) is 0 Å². The molecule has 2 rings (SSSR count). The summed E-state index contributed by atoms with van der Waals surface area (Å²) in [4.78, 5) is 25.0. The van der Waals surface area contributed by atoms with Crippen molar-refractivity contribution in [3.8, 4) is 5.75 Å². The minimum absolute atomic E-state index is 0.0596. The Bertz CT molecular complexity index is 894. The summed E-state index contributed by atoms with van der Waals surface area (Å²) < 4.78 is 54.5. The van der Waals surface area contributed by atoms with Crippen molar-refractivity contribution in [3.05, 3.63) is 23.4 Å². The fourth-order valence-electron chi connectivity index (χ4n) is 2.99. The molecule has 7 nitrogen and oxygen atoms in total. The number of aryl methyl sites for hydroxylation is 1. The molecule has 0 aliphatic carbocycles. The van der Waals surface area contributed by atoms with Crippen LogP contribution in [0, 0.1) is 0 Å². The Morgan fingerprint density at radius 1 is 1.30 bits per heavy atom. The van der Waals surface area contributed by atoms with Gasteiger partial charge in [-0.2, -0.15) is 13.2 Å². The summed E-state index contributed by atoms with van der Waals surface area (Å²) in [5, 5.41) is 3.08. The van der Waals surface area contributed by atoms with E-state index in [9.17, 15) is 22.8 Å². The molecule has 0 radical (unpaired) electrons. The molecule has 0 saturated carbocycles. The molecule has 0 bridgehead atoms. The van der Waals surface area contributed by atoms with Gasteiger partial charge in [-0.05, 0) is 31.9 Å². The average Bonchev–Trinajstić information content (AvgIpc) is 3.15. The highest BCUT2D eigenvalue weighted by molar-refractivity contribution is 5.85. The molecule has 1 amide bonds. The summed E-state index contributed by atoms with van der Waals surface area (Å²) in [5.41, 5.74) is -0.486. The molecule has 0 N–H and O–H groups in total. The molecule has 2 aromatic rings. The number of hydrogen-bond acceptors (Lipinski definition) is 6. The van der Waals surface area contributed by atoms with Crippen molar-refractivity contribution >= 4 is 22.8 Å². The zero-order chi connectivity index (χ0) is 22.5. The average molecular weight is 430 g/mol. The number of ether oxygens (including phenoxy) is 2. The van der Waals surface area contributed by atoms with Crippen molar-refractivity contribution in [2.24, 2.45) is 0 Å². The van der Waals surface area contributed by atoms with Gasteiger partial charge < -0.3 is 18.9 Å². The van der Waals surface area contributed by atoms with Gasteiger partial charge in [0.25, 0.3) is 0 Å². The smallest absolute Gasteiger partial charge is 0.437 e. The Kier molecular flexibility index (Phi) is 7.69. The second-order valence-corrected chi connectivity index (χ2v) is 6.85. The largest absolute Gasteiger partial charge is 0.493 e. The van der Waals surface area contributed by atoms with Crippen LogP contribution in [-0.4, -0.2) is 48.7 Å². The minimum atomic E-state index is -4.61. The number of esters is 1. The Morgan fingerprint density at radius 3 is 2.60 bits per heavy atom. The number of aromatic nitrogens is 1. The summed E-state index contributed by atoms with van der Waals surface area (Å²) in [7, 11) is 2.77. The molecule has 1 atom stereocenters. The van der Waals surface area contributed by atoms with Gasteiger partial charge in [0.05, 0.1) is 19.1 Å². The van der Waals surface area contributed by atoms with E-state index in [1.807, 2.05) is 6.92 Å². The number of benzene rings is 1. The molecular formula is C20H25F3N2O5. The Morgan fingerprint density at radius 2 is 2.00 bits per heavy atom. The molecule has 1 aromatic carbocycles. The van der Waals surface area contributed by atoms with Crippen LogP contribution < -0.4 is 4.74 Å². The van der Waals surface area contributed by atoms with E-state index in [1.54, 1.807) is 6.92 Å². The third-order valence-electron chi connectivity index (χ3n) is 4.78. The lowest BCUT2D eigenvalue weighted by Crippen LogP contribution is -2.40. The van der Waals surface area contributed by atoms with Crippen LogP contribution in [0.1, 0.15) is 44.4 Å². The van der Waals surface area contributed by atoms with Crippen LogP contribution in [0.25, 0.3) is 11.0 Å². The van der Waals surface area contributed by atoms with E-state index in [0.29, 0.717) is 30.6 Å². The van der Waals surface area contributed by atoms with Gasteiger partial charge in [-0.3, -0.25) is 4.79 Å². The van der Waals surface area contributed by atoms with Crippen LogP contribution in [0.3, 0.4) is 0 Å². The maximum atomic E-state index is 13.1. The summed E-state index contributed by atoms with van der Waals surface area (Å²) in [6.45, 7) is 3.63. The molecule has 0 spiro atoms. The summed E-state index contributed by atoms with van der Waals surface area (Å²) in [6.07, 6.45) is -2.97. The normalized spacial score (nSPS) is 12.6. The van der Waals surface area contributed by atoms with Crippen LogP contribution in [0.5, 0.6) is 5.75 Å². The molecule has 10 heteroatoms. The Hall–Kier alpha value is -2.78. The van der Waals surface area contributed by atoms with E-state index in [4.69, 9.17) is 9.26 Å². The maximum absolute atomic E-state index is 13.1. The van der Waals surface area contributed by atoms with Crippen LogP contribution in [0.2, 0.25) is 0 Å². The fourth-order valence-corrected chi connectivity index (χ4v) is 2.99. The van der Waals surface area contributed by atoms with E-state index >= 15 is 0 Å². The second kappa shape index (κ2) is 9.82. The molecular weight excluding hydrogens is 405 g/mol. The van der Waals surface area contributed by atoms with E-state index in [0.717, 1.165) is 0 Å². The third kappa shape index (κ3) is 5.22. The topological polar surface area (TPSA) is 81.9 Å². The number of methoxy groups -OCH3 is 1. The number of carbonyl (C=O) groups is 2. The summed E-state index contributed by atoms with van der Waals surface area (Å²) in [6, 6.07) is 2.05. The van der Waals surface area contributed by atoms with Crippen LogP contribution >= 0.6 is 0 Å². The lowest BCUT2D eigenvalue weighted by atomic mass is 10.0. The zero-order valence-corrected chi connectivity index (χ0v) is 17.3. The number of fused-ring (bicyclic) bond motifs is 1. The van der Waals surface area contributed by atoms with Crippen molar-refractivity contribution in [1.82, 2.24) is 10.1 Å². The summed E-state index contributed by atoms with van der Waals surface area (Å²) >= 11 is 0. The minimum Gasteiger partial charge on any atom is -0.493 e. The number of alkyl halides is 3.